The number of carboxylic acids is 1. The summed E-state index contributed by atoms with van der Waals surface area (Å²) >= 11 is 5.66. The Morgan fingerprint density at radius 2 is 2.00 bits per heavy atom. The molecule has 0 radical (unpaired) electrons. The molecule has 98 valence electrons. The summed E-state index contributed by atoms with van der Waals surface area (Å²) in [5, 5.41) is 8.84. The fourth-order valence-corrected chi connectivity index (χ4v) is 1.70. The number of halogens is 2. The maximum absolute atomic E-state index is 13.1. The van der Waals surface area contributed by atoms with Crippen LogP contribution in [-0.2, 0) is 4.79 Å². The standard InChI is InChI=1S/C12H13ClFNO3/c1-7(2)15(6-11(16)17)12(18)8-3-9(13)5-10(14)4-8/h3-5,7H,6H2,1-2H3,(H,16,17). The van der Waals surface area contributed by atoms with Crippen LogP contribution in [0, 0.1) is 5.82 Å². The van der Waals surface area contributed by atoms with Crippen LogP contribution in [-0.4, -0.2) is 34.5 Å². The Kier molecular flexibility index (Phi) is 4.67. The Morgan fingerprint density at radius 1 is 1.39 bits per heavy atom. The highest BCUT2D eigenvalue weighted by molar-refractivity contribution is 6.31. The van der Waals surface area contributed by atoms with Crippen LogP contribution < -0.4 is 0 Å². The molecule has 6 heteroatoms. The van der Waals surface area contributed by atoms with Gasteiger partial charge in [-0.3, -0.25) is 9.59 Å². The van der Waals surface area contributed by atoms with Crippen LogP contribution in [0.3, 0.4) is 0 Å². The molecule has 1 N–H and O–H groups in total. The van der Waals surface area contributed by atoms with Crippen molar-refractivity contribution in [3.63, 3.8) is 0 Å². The van der Waals surface area contributed by atoms with Crippen molar-refractivity contribution >= 4 is 23.5 Å². The molecule has 18 heavy (non-hydrogen) atoms. The van der Waals surface area contributed by atoms with Gasteiger partial charge >= 0.3 is 5.97 Å². The average Bonchev–Trinajstić information content (AvgIpc) is 2.23. The predicted molar refractivity (Wildman–Crippen MR) is 65.2 cm³/mol. The Morgan fingerprint density at radius 3 is 2.44 bits per heavy atom. The maximum Gasteiger partial charge on any atom is 0.323 e. The first-order valence-corrected chi connectivity index (χ1v) is 5.68. The van der Waals surface area contributed by atoms with Crippen molar-refractivity contribution in [2.75, 3.05) is 6.54 Å². The van der Waals surface area contributed by atoms with E-state index in [2.05, 4.69) is 0 Å². The smallest absolute Gasteiger partial charge is 0.323 e. The lowest BCUT2D eigenvalue weighted by atomic mass is 10.1. The fourth-order valence-electron chi connectivity index (χ4n) is 1.48. The highest BCUT2D eigenvalue weighted by Gasteiger charge is 2.22. The molecule has 1 rings (SSSR count). The van der Waals surface area contributed by atoms with E-state index in [4.69, 9.17) is 16.7 Å². The van der Waals surface area contributed by atoms with E-state index in [1.807, 2.05) is 0 Å². The summed E-state index contributed by atoms with van der Waals surface area (Å²) in [6, 6.07) is 3.11. The van der Waals surface area contributed by atoms with Gasteiger partial charge in [-0.15, -0.1) is 0 Å². The van der Waals surface area contributed by atoms with Crippen molar-refractivity contribution in [3.8, 4) is 0 Å². The van der Waals surface area contributed by atoms with Gasteiger partial charge in [0, 0.05) is 16.6 Å². The first-order chi connectivity index (χ1) is 8.31. The van der Waals surface area contributed by atoms with Crippen LogP contribution in [0.1, 0.15) is 24.2 Å². The van der Waals surface area contributed by atoms with Gasteiger partial charge < -0.3 is 10.0 Å². The molecule has 0 atom stereocenters. The molecule has 0 saturated carbocycles. The Hall–Kier alpha value is -1.62. The number of rotatable bonds is 4. The van der Waals surface area contributed by atoms with Crippen molar-refractivity contribution < 1.29 is 19.1 Å². The van der Waals surface area contributed by atoms with E-state index < -0.39 is 24.2 Å². The molecule has 0 spiro atoms. The van der Waals surface area contributed by atoms with E-state index in [1.54, 1.807) is 13.8 Å². The minimum atomic E-state index is -1.13. The quantitative estimate of drug-likeness (QED) is 0.916. The largest absolute Gasteiger partial charge is 0.480 e. The van der Waals surface area contributed by atoms with Crippen molar-refractivity contribution in [2.45, 2.75) is 19.9 Å². The van der Waals surface area contributed by atoms with Gasteiger partial charge in [-0.1, -0.05) is 11.6 Å². The van der Waals surface area contributed by atoms with Gasteiger partial charge in [0.05, 0.1) is 0 Å². The summed E-state index contributed by atoms with van der Waals surface area (Å²) in [5.74, 6) is -2.32. The first kappa shape index (κ1) is 14.4. The summed E-state index contributed by atoms with van der Waals surface area (Å²) in [6.07, 6.45) is 0. The molecule has 4 nitrogen and oxygen atoms in total. The monoisotopic (exact) mass is 273 g/mol. The number of hydrogen-bond donors (Lipinski definition) is 1. The highest BCUT2D eigenvalue weighted by atomic mass is 35.5. The average molecular weight is 274 g/mol. The molecule has 0 bridgehead atoms. The van der Waals surface area contributed by atoms with Crippen LogP contribution in [0.2, 0.25) is 5.02 Å². The number of carboxylic acid groups (broad SMARTS) is 1. The molecule has 0 heterocycles. The van der Waals surface area contributed by atoms with E-state index in [-0.39, 0.29) is 16.6 Å². The molecule has 0 unspecified atom stereocenters. The Bertz CT molecular complexity index is 456. The van der Waals surface area contributed by atoms with E-state index in [1.165, 1.54) is 6.07 Å². The molecule has 0 aliphatic heterocycles. The van der Waals surface area contributed by atoms with Crippen LogP contribution in [0.4, 0.5) is 4.39 Å². The Labute approximate surface area is 109 Å². The first-order valence-electron chi connectivity index (χ1n) is 5.30. The van der Waals surface area contributed by atoms with Crippen molar-refractivity contribution in [1.29, 1.82) is 0 Å². The second kappa shape index (κ2) is 5.82. The molecular formula is C12H13ClFNO3. The number of carbonyl (C=O) groups is 2. The fraction of sp³-hybridized carbons (Fsp3) is 0.333. The zero-order valence-electron chi connectivity index (χ0n) is 9.98. The summed E-state index contributed by atoms with van der Waals surface area (Å²) < 4.78 is 13.1. The molecule has 0 aliphatic carbocycles. The Balaban J connectivity index is 3.05. The van der Waals surface area contributed by atoms with E-state index in [9.17, 15) is 14.0 Å². The van der Waals surface area contributed by atoms with Crippen LogP contribution in [0.5, 0.6) is 0 Å². The third kappa shape index (κ3) is 3.70. The third-order valence-corrected chi connectivity index (χ3v) is 2.52. The molecule has 0 fully saturated rings. The zero-order chi connectivity index (χ0) is 13.9. The number of benzene rings is 1. The van der Waals surface area contributed by atoms with Gasteiger partial charge in [-0.2, -0.15) is 0 Å². The lowest BCUT2D eigenvalue weighted by molar-refractivity contribution is -0.138. The predicted octanol–water partition coefficient (Wildman–Crippen LogP) is 2.41. The lowest BCUT2D eigenvalue weighted by Gasteiger charge is -2.25. The van der Waals surface area contributed by atoms with Crippen LogP contribution in [0.25, 0.3) is 0 Å². The van der Waals surface area contributed by atoms with E-state index in [0.29, 0.717) is 0 Å². The number of amides is 1. The zero-order valence-corrected chi connectivity index (χ0v) is 10.7. The summed E-state index contributed by atoms with van der Waals surface area (Å²) in [7, 11) is 0. The van der Waals surface area contributed by atoms with Gasteiger partial charge in [-0.25, -0.2) is 4.39 Å². The van der Waals surface area contributed by atoms with Crippen molar-refractivity contribution in [3.05, 3.63) is 34.6 Å². The van der Waals surface area contributed by atoms with Crippen molar-refractivity contribution in [2.24, 2.45) is 0 Å². The second-order valence-corrected chi connectivity index (χ2v) is 4.52. The number of aliphatic carboxylic acids is 1. The normalized spacial score (nSPS) is 10.5. The molecule has 0 saturated heterocycles. The number of hydrogen-bond acceptors (Lipinski definition) is 2. The minimum Gasteiger partial charge on any atom is -0.480 e. The molecule has 1 aromatic rings. The van der Waals surface area contributed by atoms with Crippen LogP contribution >= 0.6 is 11.6 Å². The molecule has 1 aromatic carbocycles. The van der Waals surface area contributed by atoms with E-state index >= 15 is 0 Å². The van der Waals surface area contributed by atoms with Gasteiger partial charge in [0.1, 0.15) is 12.4 Å². The molecule has 0 aromatic heterocycles. The van der Waals surface area contributed by atoms with Crippen molar-refractivity contribution in [1.82, 2.24) is 4.90 Å². The third-order valence-electron chi connectivity index (χ3n) is 2.30. The molecular weight excluding hydrogens is 261 g/mol. The van der Waals surface area contributed by atoms with Gasteiger partial charge in [0.2, 0.25) is 0 Å². The minimum absolute atomic E-state index is 0.0370. The summed E-state index contributed by atoms with van der Waals surface area (Å²) in [4.78, 5) is 23.9. The topological polar surface area (TPSA) is 57.6 Å². The number of carbonyl (C=O) groups excluding carboxylic acids is 1. The van der Waals surface area contributed by atoms with Crippen LogP contribution in [0.15, 0.2) is 18.2 Å². The summed E-state index contributed by atoms with van der Waals surface area (Å²) in [5.41, 5.74) is 0.0370. The second-order valence-electron chi connectivity index (χ2n) is 4.08. The van der Waals surface area contributed by atoms with Gasteiger partial charge in [0.15, 0.2) is 0 Å². The maximum atomic E-state index is 13.1. The number of nitrogens with zero attached hydrogens (tertiary/aromatic N) is 1. The highest BCUT2D eigenvalue weighted by Crippen LogP contribution is 2.16. The van der Waals surface area contributed by atoms with E-state index in [0.717, 1.165) is 17.0 Å². The SMILES string of the molecule is CC(C)N(CC(=O)O)C(=O)c1cc(F)cc(Cl)c1. The summed E-state index contributed by atoms with van der Waals surface area (Å²) in [6.45, 7) is 2.92. The van der Waals surface area contributed by atoms with Gasteiger partial charge in [-0.05, 0) is 32.0 Å². The van der Waals surface area contributed by atoms with Gasteiger partial charge in [0.25, 0.3) is 5.91 Å². The lowest BCUT2D eigenvalue weighted by Crippen LogP contribution is -2.40. The molecule has 0 aliphatic rings. The molecule has 1 amide bonds.